The van der Waals surface area contributed by atoms with Gasteiger partial charge in [-0.25, -0.2) is 14.4 Å². The van der Waals surface area contributed by atoms with E-state index in [1.54, 1.807) is 6.92 Å². The molecule has 0 amide bonds. The van der Waals surface area contributed by atoms with Gasteiger partial charge in [0, 0.05) is 6.04 Å². The Labute approximate surface area is 93.9 Å². The molecule has 16 heavy (non-hydrogen) atoms. The third-order valence-electron chi connectivity index (χ3n) is 3.00. The second kappa shape index (κ2) is 4.74. The van der Waals surface area contributed by atoms with Gasteiger partial charge in [0.05, 0.1) is 11.8 Å². The third kappa shape index (κ3) is 2.47. The molecular formula is C11H16FN3O. The number of anilines is 1. The Balaban J connectivity index is 2.01. The average Bonchev–Trinajstić information content (AvgIpc) is 2.28. The van der Waals surface area contributed by atoms with Gasteiger partial charge in [0.1, 0.15) is 6.33 Å². The molecule has 0 spiro atoms. The Morgan fingerprint density at radius 3 is 2.69 bits per heavy atom. The average molecular weight is 225 g/mol. The van der Waals surface area contributed by atoms with E-state index in [2.05, 4.69) is 15.3 Å². The highest BCUT2D eigenvalue weighted by atomic mass is 19.1. The van der Waals surface area contributed by atoms with Gasteiger partial charge < -0.3 is 10.4 Å². The van der Waals surface area contributed by atoms with Crippen molar-refractivity contribution >= 4 is 5.82 Å². The van der Waals surface area contributed by atoms with Crippen LogP contribution in [0.5, 0.6) is 0 Å². The van der Waals surface area contributed by atoms with Gasteiger partial charge in [0.25, 0.3) is 0 Å². The van der Waals surface area contributed by atoms with Gasteiger partial charge in [-0.15, -0.1) is 0 Å². The topological polar surface area (TPSA) is 58.0 Å². The molecule has 0 radical (unpaired) electrons. The molecule has 88 valence electrons. The van der Waals surface area contributed by atoms with Crippen LogP contribution in [0.15, 0.2) is 6.33 Å². The van der Waals surface area contributed by atoms with E-state index in [1.165, 1.54) is 6.33 Å². The molecule has 0 saturated heterocycles. The molecule has 1 aromatic rings. The second-order valence-corrected chi connectivity index (χ2v) is 4.27. The molecule has 1 saturated carbocycles. The van der Waals surface area contributed by atoms with Crippen molar-refractivity contribution in [2.75, 3.05) is 5.32 Å². The van der Waals surface area contributed by atoms with E-state index >= 15 is 0 Å². The lowest BCUT2D eigenvalue weighted by molar-refractivity contribution is 0.126. The Hall–Kier alpha value is -1.23. The Morgan fingerprint density at radius 2 is 2.00 bits per heavy atom. The largest absolute Gasteiger partial charge is 0.393 e. The molecule has 0 aliphatic heterocycles. The van der Waals surface area contributed by atoms with Crippen molar-refractivity contribution in [3.63, 3.8) is 0 Å². The standard InChI is InChI=1S/C11H16FN3O/c1-7-10(12)11(14-6-13-7)15-8-2-4-9(16)5-3-8/h6,8-9,16H,2-5H2,1H3,(H,13,14,15). The zero-order chi connectivity index (χ0) is 11.5. The Bertz CT molecular complexity index is 364. The molecule has 2 N–H and O–H groups in total. The number of aryl methyl sites for hydroxylation is 1. The SMILES string of the molecule is Cc1ncnc(NC2CCC(O)CC2)c1F. The first kappa shape index (κ1) is 11.3. The molecule has 1 aliphatic carbocycles. The molecule has 5 heteroatoms. The molecule has 0 aromatic carbocycles. The number of nitrogens with one attached hydrogen (secondary N) is 1. The third-order valence-corrected chi connectivity index (χ3v) is 3.00. The van der Waals surface area contributed by atoms with Crippen molar-refractivity contribution in [1.29, 1.82) is 0 Å². The summed E-state index contributed by atoms with van der Waals surface area (Å²) in [6, 6.07) is 0.201. The predicted molar refractivity (Wildman–Crippen MR) is 58.6 cm³/mol. The van der Waals surface area contributed by atoms with Crippen LogP contribution in [-0.4, -0.2) is 27.2 Å². The summed E-state index contributed by atoms with van der Waals surface area (Å²) in [4.78, 5) is 7.67. The van der Waals surface area contributed by atoms with Gasteiger partial charge in [0.15, 0.2) is 11.6 Å². The van der Waals surface area contributed by atoms with Gasteiger partial charge in [-0.3, -0.25) is 0 Å². The number of hydrogen-bond donors (Lipinski definition) is 2. The quantitative estimate of drug-likeness (QED) is 0.803. The molecule has 1 fully saturated rings. The molecule has 0 bridgehead atoms. The van der Waals surface area contributed by atoms with E-state index in [0.717, 1.165) is 25.7 Å². The Morgan fingerprint density at radius 1 is 1.31 bits per heavy atom. The van der Waals surface area contributed by atoms with E-state index in [0.29, 0.717) is 5.69 Å². The highest BCUT2D eigenvalue weighted by Gasteiger charge is 2.20. The van der Waals surface area contributed by atoms with Gasteiger partial charge in [-0.05, 0) is 32.6 Å². The molecule has 2 rings (SSSR count). The van der Waals surface area contributed by atoms with Crippen LogP contribution in [0.25, 0.3) is 0 Å². The summed E-state index contributed by atoms with van der Waals surface area (Å²) in [5.41, 5.74) is 0.355. The number of aliphatic hydroxyl groups is 1. The zero-order valence-electron chi connectivity index (χ0n) is 9.28. The molecule has 4 nitrogen and oxygen atoms in total. The van der Waals surface area contributed by atoms with Crippen molar-refractivity contribution in [2.24, 2.45) is 0 Å². The van der Waals surface area contributed by atoms with Gasteiger partial charge in [-0.1, -0.05) is 0 Å². The molecular weight excluding hydrogens is 209 g/mol. The number of nitrogens with zero attached hydrogens (tertiary/aromatic N) is 2. The van der Waals surface area contributed by atoms with Gasteiger partial charge >= 0.3 is 0 Å². The van der Waals surface area contributed by atoms with Gasteiger partial charge in [-0.2, -0.15) is 0 Å². The van der Waals surface area contributed by atoms with E-state index in [1.807, 2.05) is 0 Å². The van der Waals surface area contributed by atoms with Crippen molar-refractivity contribution in [2.45, 2.75) is 44.8 Å². The normalized spacial score (nSPS) is 25.4. The minimum absolute atomic E-state index is 0.199. The lowest BCUT2D eigenvalue weighted by Crippen LogP contribution is -2.29. The van der Waals surface area contributed by atoms with Crippen molar-refractivity contribution in [3.8, 4) is 0 Å². The van der Waals surface area contributed by atoms with E-state index in [9.17, 15) is 9.50 Å². The lowest BCUT2D eigenvalue weighted by atomic mass is 9.93. The van der Waals surface area contributed by atoms with E-state index in [-0.39, 0.29) is 23.8 Å². The maximum absolute atomic E-state index is 13.6. The van der Waals surface area contributed by atoms with Crippen LogP contribution in [-0.2, 0) is 0 Å². The number of aromatic nitrogens is 2. The first-order valence-corrected chi connectivity index (χ1v) is 5.58. The maximum atomic E-state index is 13.6. The first-order chi connectivity index (χ1) is 7.66. The van der Waals surface area contributed by atoms with Crippen LogP contribution >= 0.6 is 0 Å². The molecule has 1 aromatic heterocycles. The lowest BCUT2D eigenvalue weighted by Gasteiger charge is -2.26. The number of rotatable bonds is 2. The second-order valence-electron chi connectivity index (χ2n) is 4.27. The number of hydrogen-bond acceptors (Lipinski definition) is 4. The molecule has 0 unspecified atom stereocenters. The fourth-order valence-corrected chi connectivity index (χ4v) is 1.97. The van der Waals surface area contributed by atoms with Crippen molar-refractivity contribution in [3.05, 3.63) is 17.8 Å². The number of aliphatic hydroxyl groups excluding tert-OH is 1. The summed E-state index contributed by atoms with van der Waals surface area (Å²) >= 11 is 0. The summed E-state index contributed by atoms with van der Waals surface area (Å²) in [5.74, 6) is -0.109. The van der Waals surface area contributed by atoms with E-state index < -0.39 is 0 Å². The fraction of sp³-hybridized carbons (Fsp3) is 0.636. The van der Waals surface area contributed by atoms with Crippen LogP contribution < -0.4 is 5.32 Å². The Kier molecular flexibility index (Phi) is 3.33. The summed E-state index contributed by atoms with van der Waals surface area (Å²) in [7, 11) is 0. The summed E-state index contributed by atoms with van der Waals surface area (Å²) < 4.78 is 13.6. The molecule has 0 atom stereocenters. The number of halogens is 1. The fourth-order valence-electron chi connectivity index (χ4n) is 1.97. The zero-order valence-corrected chi connectivity index (χ0v) is 9.28. The molecule has 1 heterocycles. The monoisotopic (exact) mass is 225 g/mol. The van der Waals surface area contributed by atoms with Crippen molar-refractivity contribution < 1.29 is 9.50 Å². The predicted octanol–water partition coefficient (Wildman–Crippen LogP) is 1.64. The highest BCUT2D eigenvalue weighted by Crippen LogP contribution is 2.22. The maximum Gasteiger partial charge on any atom is 0.186 e. The van der Waals surface area contributed by atoms with Crippen LogP contribution in [0.4, 0.5) is 10.2 Å². The van der Waals surface area contributed by atoms with Crippen molar-refractivity contribution in [1.82, 2.24) is 9.97 Å². The summed E-state index contributed by atoms with van der Waals surface area (Å²) in [6.07, 6.45) is 4.40. The van der Waals surface area contributed by atoms with Crippen LogP contribution in [0.3, 0.4) is 0 Å². The smallest absolute Gasteiger partial charge is 0.186 e. The first-order valence-electron chi connectivity index (χ1n) is 5.58. The summed E-state index contributed by atoms with van der Waals surface area (Å²) in [6.45, 7) is 1.62. The van der Waals surface area contributed by atoms with Crippen LogP contribution in [0.2, 0.25) is 0 Å². The van der Waals surface area contributed by atoms with Gasteiger partial charge in [0.2, 0.25) is 0 Å². The minimum atomic E-state index is -0.381. The van der Waals surface area contributed by atoms with Crippen LogP contribution in [0, 0.1) is 12.7 Å². The molecule has 1 aliphatic rings. The van der Waals surface area contributed by atoms with E-state index in [4.69, 9.17) is 0 Å². The minimum Gasteiger partial charge on any atom is -0.393 e. The highest BCUT2D eigenvalue weighted by molar-refractivity contribution is 5.38. The summed E-state index contributed by atoms with van der Waals surface area (Å²) in [5, 5.41) is 12.4. The van der Waals surface area contributed by atoms with Crippen LogP contribution in [0.1, 0.15) is 31.4 Å².